The topological polar surface area (TPSA) is 94.6 Å². The highest BCUT2D eigenvalue weighted by atomic mass is 16.6. The van der Waals surface area contributed by atoms with Gasteiger partial charge < -0.3 is 0 Å². The maximum atomic E-state index is 12.7. The van der Waals surface area contributed by atoms with E-state index in [0.717, 1.165) is 0 Å². The Hall–Kier alpha value is -3.35. The van der Waals surface area contributed by atoms with Crippen molar-refractivity contribution >= 4 is 22.9 Å². The first-order chi connectivity index (χ1) is 10.6. The molecule has 0 spiro atoms. The van der Waals surface area contributed by atoms with Gasteiger partial charge in [-0.05, 0) is 18.2 Å². The summed E-state index contributed by atoms with van der Waals surface area (Å²) in [5.41, 5.74) is 0.0283. The van der Waals surface area contributed by atoms with E-state index in [1.54, 1.807) is 24.4 Å². The van der Waals surface area contributed by atoms with Crippen molar-refractivity contribution in [1.82, 2.24) is 9.38 Å². The number of benzene rings is 1. The number of hydrogen-bond acceptors (Lipinski definition) is 5. The number of rotatable bonds is 1. The molecule has 22 heavy (non-hydrogen) atoms. The van der Waals surface area contributed by atoms with Gasteiger partial charge in [-0.1, -0.05) is 12.1 Å². The average molecular weight is 293 g/mol. The second-order valence-electron chi connectivity index (χ2n) is 4.85. The van der Waals surface area contributed by atoms with Crippen LogP contribution in [-0.4, -0.2) is 25.9 Å². The normalized spacial score (nSPS) is 13.1. The second kappa shape index (κ2) is 4.08. The van der Waals surface area contributed by atoms with Crippen LogP contribution in [0.2, 0.25) is 0 Å². The first-order valence-electron chi connectivity index (χ1n) is 6.43. The van der Waals surface area contributed by atoms with Gasteiger partial charge in [0.15, 0.2) is 0 Å². The molecule has 2 aromatic heterocycles. The molecule has 3 aromatic rings. The molecule has 0 bridgehead atoms. The Kier molecular flexibility index (Phi) is 2.30. The third-order valence-corrected chi connectivity index (χ3v) is 3.67. The fourth-order valence-corrected chi connectivity index (χ4v) is 2.74. The van der Waals surface area contributed by atoms with Crippen molar-refractivity contribution in [2.24, 2.45) is 0 Å². The molecular formula is C15H7N3O4. The van der Waals surface area contributed by atoms with E-state index in [1.807, 2.05) is 0 Å². The van der Waals surface area contributed by atoms with Gasteiger partial charge in [0.25, 0.3) is 5.69 Å². The largest absolute Gasteiger partial charge is 0.296 e. The van der Waals surface area contributed by atoms with E-state index < -0.39 is 16.5 Å². The third kappa shape index (κ3) is 1.42. The number of ketones is 2. The molecule has 0 saturated carbocycles. The van der Waals surface area contributed by atoms with Crippen LogP contribution in [0.1, 0.15) is 32.1 Å². The Morgan fingerprint density at radius 1 is 1.05 bits per heavy atom. The number of pyridine rings is 1. The molecule has 7 heteroatoms. The zero-order valence-electron chi connectivity index (χ0n) is 11.0. The molecular weight excluding hydrogens is 286 g/mol. The SMILES string of the molecule is O=C1c2nc3ccccn3c2C(=O)c2cccc([N+](=O)[O-])c21. The third-order valence-electron chi connectivity index (χ3n) is 3.67. The molecule has 7 nitrogen and oxygen atoms in total. The predicted octanol–water partition coefficient (Wildman–Crippen LogP) is 2.02. The highest BCUT2D eigenvalue weighted by Crippen LogP contribution is 2.33. The number of aromatic nitrogens is 2. The van der Waals surface area contributed by atoms with Crippen LogP contribution in [0.4, 0.5) is 5.69 Å². The van der Waals surface area contributed by atoms with Crippen molar-refractivity contribution in [1.29, 1.82) is 0 Å². The fraction of sp³-hybridized carbons (Fsp3) is 0. The Labute approximate surface area is 123 Å². The molecule has 0 N–H and O–H groups in total. The van der Waals surface area contributed by atoms with Gasteiger partial charge in [-0.25, -0.2) is 4.98 Å². The summed E-state index contributed by atoms with van der Waals surface area (Å²) in [6.45, 7) is 0. The molecule has 1 aliphatic carbocycles. The maximum Gasteiger partial charge on any atom is 0.281 e. The molecule has 1 aromatic carbocycles. The molecule has 0 atom stereocenters. The fourth-order valence-electron chi connectivity index (χ4n) is 2.74. The minimum Gasteiger partial charge on any atom is -0.296 e. The highest BCUT2D eigenvalue weighted by Gasteiger charge is 2.38. The van der Waals surface area contributed by atoms with E-state index in [2.05, 4.69) is 4.98 Å². The summed E-state index contributed by atoms with van der Waals surface area (Å²) < 4.78 is 1.53. The first-order valence-corrected chi connectivity index (χ1v) is 6.43. The number of hydrogen-bond donors (Lipinski definition) is 0. The first kappa shape index (κ1) is 12.4. The predicted molar refractivity (Wildman–Crippen MR) is 75.2 cm³/mol. The molecule has 0 amide bonds. The van der Waals surface area contributed by atoms with Crippen LogP contribution < -0.4 is 0 Å². The van der Waals surface area contributed by atoms with Gasteiger partial charge in [0, 0.05) is 17.8 Å². The zero-order valence-corrected chi connectivity index (χ0v) is 11.0. The molecule has 1 aliphatic rings. The summed E-state index contributed by atoms with van der Waals surface area (Å²) >= 11 is 0. The van der Waals surface area contributed by atoms with Crippen molar-refractivity contribution in [3.05, 3.63) is 75.2 Å². The van der Waals surface area contributed by atoms with Crippen LogP contribution in [0, 0.1) is 10.1 Å². The van der Waals surface area contributed by atoms with E-state index in [1.165, 1.54) is 22.6 Å². The average Bonchev–Trinajstić information content (AvgIpc) is 2.91. The molecule has 0 radical (unpaired) electrons. The number of carbonyl (C=O) groups excluding carboxylic acids is 2. The number of nitro benzene ring substituents is 1. The minimum absolute atomic E-state index is 0.0392. The van der Waals surface area contributed by atoms with Gasteiger partial charge in [-0.3, -0.25) is 24.1 Å². The van der Waals surface area contributed by atoms with Crippen molar-refractivity contribution in [3.63, 3.8) is 0 Å². The smallest absolute Gasteiger partial charge is 0.281 e. The Morgan fingerprint density at radius 3 is 2.64 bits per heavy atom. The molecule has 106 valence electrons. The van der Waals surface area contributed by atoms with Crippen molar-refractivity contribution < 1.29 is 14.5 Å². The Morgan fingerprint density at radius 2 is 1.86 bits per heavy atom. The summed E-state index contributed by atoms with van der Waals surface area (Å²) in [4.78, 5) is 39.9. The quantitative estimate of drug-likeness (QED) is 0.395. The number of imidazole rings is 1. The van der Waals surface area contributed by atoms with Gasteiger partial charge in [0.05, 0.1) is 4.92 Å². The van der Waals surface area contributed by atoms with E-state index in [9.17, 15) is 19.7 Å². The number of fused-ring (bicyclic) bond motifs is 4. The highest BCUT2D eigenvalue weighted by molar-refractivity contribution is 6.28. The van der Waals surface area contributed by atoms with Gasteiger partial charge in [0.2, 0.25) is 11.6 Å². The van der Waals surface area contributed by atoms with E-state index in [-0.39, 0.29) is 28.2 Å². The van der Waals surface area contributed by atoms with Crippen molar-refractivity contribution in [2.75, 3.05) is 0 Å². The molecule has 4 rings (SSSR count). The lowest BCUT2D eigenvalue weighted by atomic mass is 9.89. The standard InChI is InChI=1S/C15H7N3O4/c19-14-8-4-3-5-9(18(21)22)11(8)15(20)12-13(14)17-7-2-1-6-10(17)16-12/h1-7H. The Bertz CT molecular complexity index is 1000. The summed E-state index contributed by atoms with van der Waals surface area (Å²) in [5.74, 6) is -1.03. The molecule has 0 aliphatic heterocycles. The Balaban J connectivity index is 2.10. The van der Waals surface area contributed by atoms with E-state index in [4.69, 9.17) is 0 Å². The summed E-state index contributed by atoms with van der Waals surface area (Å²) in [6, 6.07) is 9.15. The van der Waals surface area contributed by atoms with E-state index >= 15 is 0 Å². The lowest BCUT2D eigenvalue weighted by Crippen LogP contribution is -2.23. The summed E-state index contributed by atoms with van der Waals surface area (Å²) in [5, 5.41) is 11.1. The van der Waals surface area contributed by atoms with Gasteiger partial charge in [-0.2, -0.15) is 0 Å². The molecule has 0 fully saturated rings. The van der Waals surface area contributed by atoms with Crippen LogP contribution in [-0.2, 0) is 0 Å². The number of nitro groups is 1. The maximum absolute atomic E-state index is 12.7. The van der Waals surface area contributed by atoms with Crippen LogP contribution in [0.15, 0.2) is 42.6 Å². The van der Waals surface area contributed by atoms with Crippen molar-refractivity contribution in [2.45, 2.75) is 0 Å². The minimum atomic E-state index is -0.662. The van der Waals surface area contributed by atoms with E-state index in [0.29, 0.717) is 5.65 Å². The van der Waals surface area contributed by atoms with Crippen LogP contribution >= 0.6 is 0 Å². The van der Waals surface area contributed by atoms with Crippen LogP contribution in [0.3, 0.4) is 0 Å². The number of carbonyl (C=O) groups is 2. The lowest BCUT2D eigenvalue weighted by molar-refractivity contribution is -0.385. The summed E-state index contributed by atoms with van der Waals surface area (Å²) in [7, 11) is 0. The van der Waals surface area contributed by atoms with Crippen molar-refractivity contribution in [3.8, 4) is 0 Å². The van der Waals surface area contributed by atoms with Gasteiger partial charge in [0.1, 0.15) is 22.6 Å². The second-order valence-corrected chi connectivity index (χ2v) is 4.85. The summed E-state index contributed by atoms with van der Waals surface area (Å²) in [6.07, 6.45) is 1.63. The monoisotopic (exact) mass is 293 g/mol. The molecule has 0 saturated heterocycles. The zero-order chi connectivity index (χ0) is 15.4. The molecule has 0 unspecified atom stereocenters. The lowest BCUT2D eigenvalue weighted by Gasteiger charge is -2.13. The molecule has 2 heterocycles. The van der Waals surface area contributed by atoms with Crippen LogP contribution in [0.5, 0.6) is 0 Å². The van der Waals surface area contributed by atoms with Gasteiger partial charge in [-0.15, -0.1) is 0 Å². The van der Waals surface area contributed by atoms with Gasteiger partial charge >= 0.3 is 0 Å². The van der Waals surface area contributed by atoms with Crippen LogP contribution in [0.25, 0.3) is 5.65 Å². The number of nitrogens with zero attached hydrogens (tertiary/aromatic N) is 3.